The Hall–Kier alpha value is -0.740. The molecular formula is C7H9O5P. The standard InChI is InChI=1S/C7H9O5P/c8-6-7(12-13(9,10)11)4-2-1-3-5-7/h1-4,6H,5H2,(H2,9,10,11). The lowest BCUT2D eigenvalue weighted by molar-refractivity contribution is -0.119. The maximum atomic E-state index is 10.6. The third kappa shape index (κ3) is 2.90. The number of carbonyl (C=O) groups is 1. The van der Waals surface area contributed by atoms with Gasteiger partial charge in [0.1, 0.15) is 0 Å². The highest BCUT2D eigenvalue weighted by molar-refractivity contribution is 7.46. The van der Waals surface area contributed by atoms with Gasteiger partial charge in [0.2, 0.25) is 0 Å². The Balaban J connectivity index is 2.83. The molecule has 0 saturated carbocycles. The summed E-state index contributed by atoms with van der Waals surface area (Å²) in [5, 5.41) is 0. The summed E-state index contributed by atoms with van der Waals surface area (Å²) in [6.45, 7) is 0. The number of hydrogen-bond donors (Lipinski definition) is 2. The van der Waals surface area contributed by atoms with Crippen LogP contribution in [0, 0.1) is 0 Å². The van der Waals surface area contributed by atoms with E-state index in [2.05, 4.69) is 4.52 Å². The van der Waals surface area contributed by atoms with E-state index < -0.39 is 13.4 Å². The van der Waals surface area contributed by atoms with E-state index in [1.54, 1.807) is 12.2 Å². The number of carbonyl (C=O) groups excluding carboxylic acids is 1. The summed E-state index contributed by atoms with van der Waals surface area (Å²) in [4.78, 5) is 27.7. The van der Waals surface area contributed by atoms with Crippen LogP contribution in [-0.4, -0.2) is 21.7 Å². The second-order valence-corrected chi connectivity index (χ2v) is 3.81. The molecule has 0 aromatic heterocycles. The average molecular weight is 204 g/mol. The predicted octanol–water partition coefficient (Wildman–Crippen LogP) is 0.549. The Labute approximate surface area is 75.0 Å². The minimum absolute atomic E-state index is 0.137. The fourth-order valence-electron chi connectivity index (χ4n) is 1.02. The molecule has 1 aliphatic carbocycles. The zero-order chi connectivity index (χ0) is 9.95. The number of rotatable bonds is 3. The number of allylic oxidation sites excluding steroid dienone is 2. The normalized spacial score (nSPS) is 27.5. The van der Waals surface area contributed by atoms with Gasteiger partial charge in [-0.1, -0.05) is 18.2 Å². The maximum Gasteiger partial charge on any atom is 0.470 e. The SMILES string of the molecule is O=CC1(OP(=O)(O)O)C=CC=CC1. The van der Waals surface area contributed by atoms with Crippen LogP contribution in [-0.2, 0) is 13.9 Å². The van der Waals surface area contributed by atoms with E-state index in [1.807, 2.05) is 0 Å². The fraction of sp³-hybridized carbons (Fsp3) is 0.286. The molecule has 0 aliphatic heterocycles. The van der Waals surface area contributed by atoms with Crippen LogP contribution >= 0.6 is 7.82 Å². The van der Waals surface area contributed by atoms with E-state index in [0.29, 0.717) is 6.29 Å². The number of hydrogen-bond acceptors (Lipinski definition) is 3. The van der Waals surface area contributed by atoms with Crippen molar-refractivity contribution in [2.24, 2.45) is 0 Å². The van der Waals surface area contributed by atoms with Crippen LogP contribution in [0.4, 0.5) is 0 Å². The molecule has 0 amide bonds. The van der Waals surface area contributed by atoms with Gasteiger partial charge in [-0.3, -0.25) is 9.32 Å². The van der Waals surface area contributed by atoms with Crippen molar-refractivity contribution in [1.82, 2.24) is 0 Å². The summed E-state index contributed by atoms with van der Waals surface area (Å²) < 4.78 is 14.9. The van der Waals surface area contributed by atoms with Gasteiger partial charge in [0.15, 0.2) is 11.9 Å². The first-order valence-corrected chi connectivity index (χ1v) is 5.07. The molecule has 5 nitrogen and oxygen atoms in total. The molecule has 72 valence electrons. The average Bonchev–Trinajstić information content (AvgIpc) is 2.03. The molecule has 1 rings (SSSR count). The van der Waals surface area contributed by atoms with E-state index in [4.69, 9.17) is 9.79 Å². The molecule has 13 heavy (non-hydrogen) atoms. The third-order valence-corrected chi connectivity index (χ3v) is 2.13. The molecule has 1 aliphatic rings. The van der Waals surface area contributed by atoms with Crippen molar-refractivity contribution >= 4 is 14.1 Å². The summed E-state index contributed by atoms with van der Waals surface area (Å²) >= 11 is 0. The molecule has 0 spiro atoms. The number of phosphoric ester groups is 1. The van der Waals surface area contributed by atoms with E-state index >= 15 is 0 Å². The van der Waals surface area contributed by atoms with Gasteiger partial charge in [-0.15, -0.1) is 0 Å². The fourth-order valence-corrected chi connectivity index (χ4v) is 1.64. The summed E-state index contributed by atoms with van der Waals surface area (Å²) in [6.07, 6.45) is 6.62. The third-order valence-electron chi connectivity index (χ3n) is 1.55. The Morgan fingerprint density at radius 2 is 2.15 bits per heavy atom. The van der Waals surface area contributed by atoms with Crippen LogP contribution in [0.3, 0.4) is 0 Å². The minimum Gasteiger partial charge on any atom is -0.303 e. The smallest absolute Gasteiger partial charge is 0.303 e. The minimum atomic E-state index is -4.63. The molecule has 0 fully saturated rings. The van der Waals surface area contributed by atoms with Gasteiger partial charge in [-0.25, -0.2) is 4.57 Å². The van der Waals surface area contributed by atoms with Crippen molar-refractivity contribution in [2.45, 2.75) is 12.0 Å². The van der Waals surface area contributed by atoms with Gasteiger partial charge in [-0.2, -0.15) is 0 Å². The van der Waals surface area contributed by atoms with Gasteiger partial charge in [0.05, 0.1) is 0 Å². The molecular weight excluding hydrogens is 195 g/mol. The lowest BCUT2D eigenvalue weighted by Gasteiger charge is -2.24. The first kappa shape index (κ1) is 10.3. The van der Waals surface area contributed by atoms with Gasteiger partial charge >= 0.3 is 7.82 Å². The van der Waals surface area contributed by atoms with Crippen LogP contribution in [0.5, 0.6) is 0 Å². The van der Waals surface area contributed by atoms with Gasteiger partial charge in [0.25, 0.3) is 0 Å². The molecule has 0 radical (unpaired) electrons. The highest BCUT2D eigenvalue weighted by atomic mass is 31.2. The molecule has 0 saturated heterocycles. The molecule has 0 bridgehead atoms. The Kier molecular flexibility index (Phi) is 2.83. The molecule has 0 aromatic rings. The van der Waals surface area contributed by atoms with E-state index in [-0.39, 0.29) is 6.42 Å². The lowest BCUT2D eigenvalue weighted by Crippen LogP contribution is -2.31. The predicted molar refractivity (Wildman–Crippen MR) is 44.8 cm³/mol. The van der Waals surface area contributed by atoms with Crippen molar-refractivity contribution in [3.63, 3.8) is 0 Å². The molecule has 0 heterocycles. The summed E-state index contributed by atoms with van der Waals surface area (Å²) in [5.41, 5.74) is -1.51. The maximum absolute atomic E-state index is 10.6. The van der Waals surface area contributed by atoms with Crippen molar-refractivity contribution in [2.75, 3.05) is 0 Å². The highest BCUT2D eigenvalue weighted by Crippen LogP contribution is 2.43. The van der Waals surface area contributed by atoms with E-state index in [9.17, 15) is 9.36 Å². The van der Waals surface area contributed by atoms with Crippen LogP contribution < -0.4 is 0 Å². The van der Waals surface area contributed by atoms with E-state index in [0.717, 1.165) is 0 Å². The first-order valence-electron chi connectivity index (χ1n) is 3.54. The zero-order valence-electron chi connectivity index (χ0n) is 6.66. The van der Waals surface area contributed by atoms with Crippen LogP contribution in [0.25, 0.3) is 0 Å². The second kappa shape index (κ2) is 3.55. The Bertz CT molecular complexity index is 302. The lowest BCUT2D eigenvalue weighted by atomic mass is 9.98. The van der Waals surface area contributed by atoms with Crippen molar-refractivity contribution in [1.29, 1.82) is 0 Å². The van der Waals surface area contributed by atoms with Gasteiger partial charge < -0.3 is 9.79 Å². The first-order chi connectivity index (χ1) is 5.97. The molecule has 1 unspecified atom stereocenters. The van der Waals surface area contributed by atoms with Gasteiger partial charge in [0, 0.05) is 6.42 Å². The van der Waals surface area contributed by atoms with Crippen LogP contribution in [0.15, 0.2) is 24.3 Å². The Morgan fingerprint density at radius 3 is 2.54 bits per heavy atom. The van der Waals surface area contributed by atoms with Gasteiger partial charge in [-0.05, 0) is 6.08 Å². The van der Waals surface area contributed by atoms with E-state index in [1.165, 1.54) is 12.2 Å². The topological polar surface area (TPSA) is 83.8 Å². The van der Waals surface area contributed by atoms with Crippen molar-refractivity contribution in [3.05, 3.63) is 24.3 Å². The monoisotopic (exact) mass is 204 g/mol. The summed E-state index contributed by atoms with van der Waals surface area (Å²) in [7, 11) is -4.63. The summed E-state index contributed by atoms with van der Waals surface area (Å²) in [6, 6.07) is 0. The van der Waals surface area contributed by atoms with Crippen LogP contribution in [0.2, 0.25) is 0 Å². The van der Waals surface area contributed by atoms with Crippen molar-refractivity contribution < 1.29 is 23.7 Å². The number of aldehydes is 1. The Morgan fingerprint density at radius 1 is 1.46 bits per heavy atom. The largest absolute Gasteiger partial charge is 0.470 e. The van der Waals surface area contributed by atoms with Crippen LogP contribution in [0.1, 0.15) is 6.42 Å². The second-order valence-electron chi connectivity index (χ2n) is 2.65. The summed E-state index contributed by atoms with van der Waals surface area (Å²) in [5.74, 6) is 0. The molecule has 2 N–H and O–H groups in total. The number of phosphoric acid groups is 1. The quantitative estimate of drug-likeness (QED) is 0.518. The molecule has 6 heteroatoms. The highest BCUT2D eigenvalue weighted by Gasteiger charge is 2.35. The molecule has 0 aromatic carbocycles. The van der Waals surface area contributed by atoms with Crippen molar-refractivity contribution in [3.8, 4) is 0 Å². The molecule has 1 atom stereocenters. The zero-order valence-corrected chi connectivity index (χ0v) is 7.55.